The van der Waals surface area contributed by atoms with Gasteiger partial charge in [0.15, 0.2) is 12.2 Å². The van der Waals surface area contributed by atoms with Gasteiger partial charge in [0.1, 0.15) is 11.5 Å². The summed E-state index contributed by atoms with van der Waals surface area (Å²) in [4.78, 5) is 28.7. The number of aryl methyl sites for hydroxylation is 1. The van der Waals surface area contributed by atoms with E-state index < -0.39 is 17.4 Å². The van der Waals surface area contributed by atoms with Crippen LogP contribution in [-0.2, 0) is 9.59 Å². The second-order valence-corrected chi connectivity index (χ2v) is 7.98. The lowest BCUT2D eigenvalue weighted by atomic mass is 10.0. The molecule has 0 fully saturated rings. The van der Waals surface area contributed by atoms with E-state index in [0.29, 0.717) is 35.8 Å². The third kappa shape index (κ3) is 6.10. The molecule has 2 N–H and O–H groups in total. The van der Waals surface area contributed by atoms with Crippen molar-refractivity contribution in [3.8, 4) is 22.8 Å². The minimum Gasteiger partial charge on any atom is -0.496 e. The lowest BCUT2D eigenvalue weighted by molar-refractivity contribution is -0.137. The minimum absolute atomic E-state index is 0.401. The summed E-state index contributed by atoms with van der Waals surface area (Å²) in [6, 6.07) is 12.7. The molecule has 8 heteroatoms. The number of ether oxygens (including phenoxy) is 2. The second kappa shape index (κ2) is 10.00. The molecule has 0 aliphatic rings. The number of hydrogen-bond donors (Lipinski definition) is 2. The largest absolute Gasteiger partial charge is 0.496 e. The smallest absolute Gasteiger partial charge is 0.313 e. The SMILES string of the molecule is COc1cc(NC(=O)C(=O)NC(C)(C)CCOc2ccc(C)cc2)ccc1-c1cnco1. The second-order valence-electron chi connectivity index (χ2n) is 7.98. The van der Waals surface area contributed by atoms with Crippen LogP contribution in [0.5, 0.6) is 11.5 Å². The number of hydrogen-bond acceptors (Lipinski definition) is 6. The molecule has 1 heterocycles. The maximum absolute atomic E-state index is 12.4. The summed E-state index contributed by atoms with van der Waals surface area (Å²) in [7, 11) is 1.51. The number of benzene rings is 2. The number of aromatic nitrogens is 1. The number of nitrogens with zero attached hydrogens (tertiary/aromatic N) is 1. The molecule has 0 saturated carbocycles. The van der Waals surface area contributed by atoms with Crippen LogP contribution >= 0.6 is 0 Å². The highest BCUT2D eigenvalue weighted by molar-refractivity contribution is 6.39. The molecule has 2 amide bonds. The fourth-order valence-electron chi connectivity index (χ4n) is 2.99. The van der Waals surface area contributed by atoms with Gasteiger partial charge in [-0.05, 0) is 45.0 Å². The van der Waals surface area contributed by atoms with Crippen LogP contribution in [0.25, 0.3) is 11.3 Å². The molecule has 168 valence electrons. The first-order valence-corrected chi connectivity index (χ1v) is 10.2. The van der Waals surface area contributed by atoms with E-state index in [1.807, 2.05) is 45.0 Å². The summed E-state index contributed by atoms with van der Waals surface area (Å²) < 4.78 is 16.4. The highest BCUT2D eigenvalue weighted by Gasteiger charge is 2.25. The Labute approximate surface area is 186 Å². The standard InChI is InChI=1S/C24H27N3O5/c1-16-5-8-18(9-6-16)31-12-11-24(2,3)27-23(29)22(28)26-17-7-10-19(20(13-17)30-4)21-14-25-15-32-21/h5-10,13-15H,11-12H2,1-4H3,(H,26,28)(H,27,29). The molecular weight excluding hydrogens is 410 g/mol. The van der Waals surface area contributed by atoms with E-state index in [1.165, 1.54) is 13.5 Å². The molecule has 0 spiro atoms. The summed E-state index contributed by atoms with van der Waals surface area (Å²) in [5.41, 5.74) is 1.63. The third-order valence-electron chi connectivity index (χ3n) is 4.83. The van der Waals surface area contributed by atoms with Crippen LogP contribution in [0.4, 0.5) is 5.69 Å². The summed E-state index contributed by atoms with van der Waals surface area (Å²) in [6.07, 6.45) is 3.41. The van der Waals surface area contributed by atoms with E-state index >= 15 is 0 Å². The molecule has 3 aromatic rings. The van der Waals surface area contributed by atoms with E-state index in [9.17, 15) is 9.59 Å². The highest BCUT2D eigenvalue weighted by Crippen LogP contribution is 2.32. The number of anilines is 1. The van der Waals surface area contributed by atoms with Crippen LogP contribution < -0.4 is 20.1 Å². The number of carbonyl (C=O) groups is 2. The fraction of sp³-hybridized carbons (Fsp3) is 0.292. The average Bonchev–Trinajstić information content (AvgIpc) is 3.29. The van der Waals surface area contributed by atoms with E-state index in [-0.39, 0.29) is 0 Å². The van der Waals surface area contributed by atoms with Crippen LogP contribution in [0, 0.1) is 6.92 Å². The number of nitrogens with one attached hydrogen (secondary N) is 2. The molecule has 0 aliphatic heterocycles. The van der Waals surface area contributed by atoms with Gasteiger partial charge < -0.3 is 24.5 Å². The molecule has 0 atom stereocenters. The Hall–Kier alpha value is -3.81. The number of amides is 2. The van der Waals surface area contributed by atoms with Crippen molar-refractivity contribution in [3.63, 3.8) is 0 Å². The zero-order valence-corrected chi connectivity index (χ0v) is 18.6. The molecular formula is C24H27N3O5. The predicted octanol–water partition coefficient (Wildman–Crippen LogP) is 3.96. The van der Waals surface area contributed by atoms with Crippen molar-refractivity contribution in [2.24, 2.45) is 0 Å². The van der Waals surface area contributed by atoms with Crippen molar-refractivity contribution in [2.75, 3.05) is 19.0 Å². The Balaban J connectivity index is 1.54. The van der Waals surface area contributed by atoms with E-state index in [2.05, 4.69) is 15.6 Å². The zero-order chi connectivity index (χ0) is 23.1. The van der Waals surface area contributed by atoms with Gasteiger partial charge in [-0.3, -0.25) is 9.59 Å². The zero-order valence-electron chi connectivity index (χ0n) is 18.6. The number of oxazole rings is 1. The molecule has 0 radical (unpaired) electrons. The van der Waals surface area contributed by atoms with Crippen LogP contribution in [0.15, 0.2) is 59.5 Å². The monoisotopic (exact) mass is 437 g/mol. The summed E-state index contributed by atoms with van der Waals surface area (Å²) >= 11 is 0. The first-order chi connectivity index (χ1) is 15.3. The Kier molecular flexibility index (Phi) is 7.14. The van der Waals surface area contributed by atoms with Crippen molar-refractivity contribution in [2.45, 2.75) is 32.7 Å². The van der Waals surface area contributed by atoms with Gasteiger partial charge in [-0.15, -0.1) is 0 Å². The van der Waals surface area contributed by atoms with Gasteiger partial charge in [-0.2, -0.15) is 0 Å². The first-order valence-electron chi connectivity index (χ1n) is 10.2. The molecule has 2 aromatic carbocycles. The molecule has 0 aliphatic carbocycles. The Morgan fingerprint density at radius 3 is 2.50 bits per heavy atom. The van der Waals surface area contributed by atoms with Crippen LogP contribution in [0.3, 0.4) is 0 Å². The van der Waals surface area contributed by atoms with E-state index in [1.54, 1.807) is 24.4 Å². The third-order valence-corrected chi connectivity index (χ3v) is 4.83. The van der Waals surface area contributed by atoms with Gasteiger partial charge in [0.05, 0.1) is 25.5 Å². The van der Waals surface area contributed by atoms with Gasteiger partial charge in [0.2, 0.25) is 0 Å². The maximum Gasteiger partial charge on any atom is 0.313 e. The molecule has 8 nitrogen and oxygen atoms in total. The van der Waals surface area contributed by atoms with Gasteiger partial charge in [0.25, 0.3) is 0 Å². The normalized spacial score (nSPS) is 11.0. The van der Waals surface area contributed by atoms with Gasteiger partial charge in [0, 0.05) is 23.7 Å². The van der Waals surface area contributed by atoms with Gasteiger partial charge in [-0.25, -0.2) is 4.98 Å². The average molecular weight is 437 g/mol. The molecule has 0 unspecified atom stereocenters. The van der Waals surface area contributed by atoms with Gasteiger partial charge >= 0.3 is 11.8 Å². The van der Waals surface area contributed by atoms with Crippen LogP contribution in [0.1, 0.15) is 25.8 Å². The Bertz CT molecular complexity index is 1060. The number of rotatable bonds is 8. The Morgan fingerprint density at radius 1 is 1.09 bits per heavy atom. The van der Waals surface area contributed by atoms with E-state index in [4.69, 9.17) is 13.9 Å². The fourth-order valence-corrected chi connectivity index (χ4v) is 2.99. The highest BCUT2D eigenvalue weighted by atomic mass is 16.5. The lowest BCUT2D eigenvalue weighted by Gasteiger charge is -2.26. The molecule has 32 heavy (non-hydrogen) atoms. The first kappa shape index (κ1) is 22.9. The molecule has 0 bridgehead atoms. The van der Waals surface area contributed by atoms with Gasteiger partial charge in [-0.1, -0.05) is 17.7 Å². The van der Waals surface area contributed by atoms with Crippen molar-refractivity contribution in [1.82, 2.24) is 10.3 Å². The molecule has 1 aromatic heterocycles. The summed E-state index contributed by atoms with van der Waals surface area (Å²) in [6.45, 7) is 6.09. The van der Waals surface area contributed by atoms with E-state index in [0.717, 1.165) is 11.3 Å². The topological polar surface area (TPSA) is 103 Å². The number of methoxy groups -OCH3 is 1. The Morgan fingerprint density at radius 2 is 1.84 bits per heavy atom. The van der Waals surface area contributed by atoms with Crippen LogP contribution in [0.2, 0.25) is 0 Å². The van der Waals surface area contributed by atoms with Crippen molar-refractivity contribution < 1.29 is 23.5 Å². The molecule has 0 saturated heterocycles. The number of carbonyl (C=O) groups excluding carboxylic acids is 2. The summed E-state index contributed by atoms with van der Waals surface area (Å²) in [5.74, 6) is 0.273. The minimum atomic E-state index is -0.771. The predicted molar refractivity (Wildman–Crippen MR) is 121 cm³/mol. The lowest BCUT2D eigenvalue weighted by Crippen LogP contribution is -2.48. The van der Waals surface area contributed by atoms with Crippen molar-refractivity contribution >= 4 is 17.5 Å². The van der Waals surface area contributed by atoms with Crippen LogP contribution in [-0.4, -0.2) is 36.1 Å². The molecule has 3 rings (SSSR count). The van der Waals surface area contributed by atoms with Crippen molar-refractivity contribution in [3.05, 3.63) is 60.6 Å². The maximum atomic E-state index is 12.4. The van der Waals surface area contributed by atoms with Crippen molar-refractivity contribution in [1.29, 1.82) is 0 Å². The quantitative estimate of drug-likeness (QED) is 0.517. The summed E-state index contributed by atoms with van der Waals surface area (Å²) in [5, 5.41) is 5.34.